The Labute approximate surface area is 240 Å². The molecular formula is C30H32F5N5O2. The van der Waals surface area contributed by atoms with E-state index in [2.05, 4.69) is 20.5 Å². The predicted octanol–water partition coefficient (Wildman–Crippen LogP) is 5.89. The van der Waals surface area contributed by atoms with Crippen LogP contribution in [0.3, 0.4) is 0 Å². The Hall–Kier alpha value is -3.80. The Morgan fingerprint density at radius 3 is 2.50 bits per heavy atom. The van der Waals surface area contributed by atoms with Crippen molar-refractivity contribution in [3.8, 4) is 11.1 Å². The molecule has 0 saturated heterocycles. The number of pyridine rings is 1. The molecule has 1 fully saturated rings. The zero-order valence-electron chi connectivity index (χ0n) is 23.3. The number of anilines is 1. The number of carbonyl (C=O) groups is 2. The fourth-order valence-corrected chi connectivity index (χ4v) is 5.95. The van der Waals surface area contributed by atoms with E-state index >= 15 is 0 Å². The van der Waals surface area contributed by atoms with Gasteiger partial charge in [-0.3, -0.25) is 19.5 Å². The molecule has 2 amide bonds. The molecule has 2 aromatic heterocycles. The van der Waals surface area contributed by atoms with Gasteiger partial charge < -0.3 is 15.2 Å². The minimum absolute atomic E-state index is 0.0702. The van der Waals surface area contributed by atoms with Gasteiger partial charge in [-0.15, -0.1) is 0 Å². The number of aryl methyl sites for hydroxylation is 1. The van der Waals surface area contributed by atoms with Crippen LogP contribution in [0.2, 0.25) is 0 Å². The molecule has 3 heterocycles. The average Bonchev–Trinajstić information content (AvgIpc) is 3.34. The van der Waals surface area contributed by atoms with Gasteiger partial charge in [-0.2, -0.15) is 13.2 Å². The Morgan fingerprint density at radius 1 is 1.07 bits per heavy atom. The second kappa shape index (κ2) is 11.5. The lowest BCUT2D eigenvalue weighted by Crippen LogP contribution is -2.51. The first-order chi connectivity index (χ1) is 19.8. The van der Waals surface area contributed by atoms with Gasteiger partial charge in [-0.1, -0.05) is 12.1 Å². The van der Waals surface area contributed by atoms with Gasteiger partial charge in [-0.05, 0) is 68.6 Å². The van der Waals surface area contributed by atoms with Crippen LogP contribution in [0.4, 0.5) is 27.6 Å². The normalized spacial score (nSPS) is 19.5. The Morgan fingerprint density at radius 2 is 1.81 bits per heavy atom. The van der Waals surface area contributed by atoms with Crippen molar-refractivity contribution in [2.45, 2.75) is 63.8 Å². The summed E-state index contributed by atoms with van der Waals surface area (Å²) in [7, 11) is 1.97. The Kier molecular flexibility index (Phi) is 8.10. The number of nitrogens with one attached hydrogen (secondary N) is 2. The largest absolute Gasteiger partial charge is 0.417 e. The third-order valence-corrected chi connectivity index (χ3v) is 8.05. The summed E-state index contributed by atoms with van der Waals surface area (Å²) in [6.07, 6.45) is -3.75. The summed E-state index contributed by atoms with van der Waals surface area (Å²) in [6, 6.07) is 8.92. The number of halogens is 5. The first kappa shape index (κ1) is 29.7. The van der Waals surface area contributed by atoms with E-state index in [0.717, 1.165) is 24.5 Å². The van der Waals surface area contributed by atoms with Gasteiger partial charge in [0.2, 0.25) is 11.8 Å². The summed E-state index contributed by atoms with van der Waals surface area (Å²) in [5.74, 6) is -4.95. The molecule has 5 rings (SSSR count). The summed E-state index contributed by atoms with van der Waals surface area (Å²) in [6.45, 7) is 3.46. The molecule has 0 spiro atoms. The highest BCUT2D eigenvalue weighted by molar-refractivity contribution is 6.01. The topological polar surface area (TPSA) is 79.3 Å². The summed E-state index contributed by atoms with van der Waals surface area (Å²) in [5.41, 5.74) is 1.11. The van der Waals surface area contributed by atoms with Gasteiger partial charge in [0.05, 0.1) is 5.56 Å². The summed E-state index contributed by atoms with van der Waals surface area (Å²) in [4.78, 5) is 33.0. The summed E-state index contributed by atoms with van der Waals surface area (Å²) >= 11 is 0. The highest BCUT2D eigenvalue weighted by Crippen LogP contribution is 2.40. The van der Waals surface area contributed by atoms with E-state index < -0.39 is 47.9 Å². The van der Waals surface area contributed by atoms with E-state index in [9.17, 15) is 31.5 Å². The van der Waals surface area contributed by atoms with Crippen LogP contribution in [-0.2, 0) is 24.1 Å². The number of amides is 2. The monoisotopic (exact) mass is 589 g/mol. The Balaban J connectivity index is 1.38. The number of carbonyl (C=O) groups excluding carboxylic acids is 2. The van der Waals surface area contributed by atoms with Gasteiger partial charge in [0.1, 0.15) is 11.7 Å². The van der Waals surface area contributed by atoms with E-state index in [1.54, 1.807) is 6.07 Å². The van der Waals surface area contributed by atoms with Crippen LogP contribution in [0.5, 0.6) is 0 Å². The van der Waals surface area contributed by atoms with Crippen LogP contribution in [0.15, 0.2) is 48.7 Å². The SMILES string of the molecule is Cc1nccc(C(F)(F)F)c1-c1ccc(NC(=O)C(NC(=O)c2ccc3n2CCN(C)C3)[C@H]2CCCC(F)(F)C2)cc1. The second-order valence-corrected chi connectivity index (χ2v) is 11.1. The van der Waals surface area contributed by atoms with E-state index in [-0.39, 0.29) is 35.3 Å². The smallest absolute Gasteiger partial charge is 0.339 e. The lowest BCUT2D eigenvalue weighted by molar-refractivity contribution is -0.137. The van der Waals surface area contributed by atoms with Crippen molar-refractivity contribution in [2.75, 3.05) is 18.9 Å². The maximum absolute atomic E-state index is 14.4. The van der Waals surface area contributed by atoms with Crippen molar-refractivity contribution in [2.24, 2.45) is 5.92 Å². The van der Waals surface area contributed by atoms with Crippen LogP contribution in [-0.4, -0.2) is 51.8 Å². The van der Waals surface area contributed by atoms with Gasteiger partial charge in [0.25, 0.3) is 5.91 Å². The molecule has 42 heavy (non-hydrogen) atoms. The van der Waals surface area contributed by atoms with Crippen molar-refractivity contribution in [1.82, 2.24) is 19.8 Å². The highest BCUT2D eigenvalue weighted by atomic mass is 19.4. The molecule has 1 aromatic carbocycles. The van der Waals surface area contributed by atoms with Crippen LogP contribution >= 0.6 is 0 Å². The van der Waals surface area contributed by atoms with Gasteiger partial charge >= 0.3 is 6.18 Å². The first-order valence-corrected chi connectivity index (χ1v) is 13.8. The molecule has 2 N–H and O–H groups in total. The average molecular weight is 590 g/mol. The highest BCUT2D eigenvalue weighted by Gasteiger charge is 2.42. The number of hydrogen-bond donors (Lipinski definition) is 2. The zero-order chi connectivity index (χ0) is 30.2. The molecule has 7 nitrogen and oxygen atoms in total. The van der Waals surface area contributed by atoms with Crippen molar-refractivity contribution in [3.63, 3.8) is 0 Å². The van der Waals surface area contributed by atoms with Crippen LogP contribution < -0.4 is 10.6 Å². The number of rotatable bonds is 6. The van der Waals surface area contributed by atoms with Crippen molar-refractivity contribution in [3.05, 3.63) is 71.3 Å². The number of nitrogens with zero attached hydrogens (tertiary/aromatic N) is 3. The number of fused-ring (bicyclic) bond motifs is 1. The number of alkyl halides is 5. The minimum atomic E-state index is -4.58. The van der Waals surface area contributed by atoms with Crippen molar-refractivity contribution >= 4 is 17.5 Å². The minimum Gasteiger partial charge on any atom is -0.339 e. The molecule has 2 atom stereocenters. The third-order valence-electron chi connectivity index (χ3n) is 8.05. The second-order valence-electron chi connectivity index (χ2n) is 11.1. The van der Waals surface area contributed by atoms with Crippen LogP contribution in [0.1, 0.15) is 53.1 Å². The zero-order valence-corrected chi connectivity index (χ0v) is 23.3. The van der Waals surface area contributed by atoms with Crippen molar-refractivity contribution in [1.29, 1.82) is 0 Å². The van der Waals surface area contributed by atoms with Gasteiger partial charge in [-0.25, -0.2) is 8.78 Å². The fourth-order valence-electron chi connectivity index (χ4n) is 5.95. The molecule has 0 bridgehead atoms. The maximum Gasteiger partial charge on any atom is 0.417 e. The lowest BCUT2D eigenvalue weighted by atomic mass is 9.81. The fraction of sp³-hybridized carbons (Fsp3) is 0.433. The molecule has 0 radical (unpaired) electrons. The van der Waals surface area contributed by atoms with E-state index in [1.165, 1.54) is 31.2 Å². The van der Waals surface area contributed by atoms with Gasteiger partial charge in [0.15, 0.2) is 0 Å². The van der Waals surface area contributed by atoms with Crippen LogP contribution in [0.25, 0.3) is 11.1 Å². The molecule has 2 aliphatic rings. The molecule has 1 unspecified atom stereocenters. The van der Waals surface area contributed by atoms with Gasteiger partial charge in [0, 0.05) is 61.3 Å². The molecule has 3 aromatic rings. The lowest BCUT2D eigenvalue weighted by Gasteiger charge is -2.34. The molecule has 1 aliphatic heterocycles. The molecule has 1 aliphatic carbocycles. The Bertz CT molecular complexity index is 1470. The van der Waals surface area contributed by atoms with Crippen molar-refractivity contribution < 1.29 is 31.5 Å². The summed E-state index contributed by atoms with van der Waals surface area (Å²) in [5, 5.41) is 5.40. The first-order valence-electron chi connectivity index (χ1n) is 13.8. The molecule has 1 saturated carbocycles. The standard InChI is InChI=1S/C30H32F5N5O2/c1-18-25(23(11-13-36-18)30(33,34)35)19-5-7-21(8-6-19)37-28(42)26(20-4-3-12-29(31,32)16-20)38-27(41)24-10-9-22-17-39(2)14-15-40(22)24/h5-11,13,20,26H,3-4,12,14-17H2,1-2H3,(H,37,42)(H,38,41)/t20-,26?/m0/s1. The number of likely N-dealkylation sites (N-methyl/N-ethyl adjacent to an activating group) is 1. The quantitative estimate of drug-likeness (QED) is 0.352. The third kappa shape index (κ3) is 6.33. The number of hydrogen-bond acceptors (Lipinski definition) is 4. The summed E-state index contributed by atoms with van der Waals surface area (Å²) < 4.78 is 71.5. The van der Waals surface area contributed by atoms with E-state index in [0.29, 0.717) is 25.2 Å². The number of benzene rings is 1. The molecular weight excluding hydrogens is 557 g/mol. The predicted molar refractivity (Wildman–Crippen MR) is 147 cm³/mol. The molecule has 224 valence electrons. The van der Waals surface area contributed by atoms with E-state index in [1.807, 2.05) is 17.7 Å². The van der Waals surface area contributed by atoms with E-state index in [4.69, 9.17) is 0 Å². The molecule has 12 heteroatoms. The van der Waals surface area contributed by atoms with Crippen LogP contribution in [0, 0.1) is 12.8 Å². The maximum atomic E-state index is 14.4. The number of aromatic nitrogens is 2.